The fraction of sp³-hybridized carbons (Fsp3) is 0.667. The van der Waals surface area contributed by atoms with Gasteiger partial charge < -0.3 is 5.32 Å². The summed E-state index contributed by atoms with van der Waals surface area (Å²) >= 11 is 0. The normalized spacial score (nSPS) is 26.2. The number of likely N-dealkylation sites (N-methyl/N-ethyl adjacent to an activating group) is 1. The lowest BCUT2D eigenvalue weighted by molar-refractivity contribution is -0.118. The first-order chi connectivity index (χ1) is 5.75. The molecule has 0 bridgehead atoms. The molecule has 1 unspecified atom stereocenters. The van der Waals surface area contributed by atoms with Gasteiger partial charge >= 0.3 is 0 Å². The van der Waals surface area contributed by atoms with Crippen LogP contribution in [0, 0.1) is 0 Å². The second kappa shape index (κ2) is 4.38. The van der Waals surface area contributed by atoms with Crippen molar-refractivity contribution in [2.45, 2.75) is 12.5 Å². The van der Waals surface area contributed by atoms with Crippen LogP contribution < -0.4 is 5.32 Å². The molecule has 0 aromatic rings. The highest BCUT2D eigenvalue weighted by Gasteiger charge is 2.21. The van der Waals surface area contributed by atoms with E-state index in [1.165, 1.54) is 6.08 Å². The van der Waals surface area contributed by atoms with E-state index in [-0.39, 0.29) is 11.8 Å². The molecule has 0 amide bonds. The number of nitrogens with zero attached hydrogens (tertiary/aromatic N) is 1. The molecule has 1 heterocycles. The van der Waals surface area contributed by atoms with Crippen LogP contribution in [0.5, 0.6) is 0 Å². The largest absolute Gasteiger partial charge is 0.315 e. The van der Waals surface area contributed by atoms with Crippen LogP contribution in [0.4, 0.5) is 0 Å². The summed E-state index contributed by atoms with van der Waals surface area (Å²) in [6, 6.07) is -0.00926. The maximum absolute atomic E-state index is 11.3. The van der Waals surface area contributed by atoms with Gasteiger partial charge in [-0.05, 0) is 32.6 Å². The summed E-state index contributed by atoms with van der Waals surface area (Å²) in [6.07, 6.45) is 2.52. The molecule has 1 aliphatic rings. The summed E-state index contributed by atoms with van der Waals surface area (Å²) in [7, 11) is 1.99. The van der Waals surface area contributed by atoms with Gasteiger partial charge in [0.2, 0.25) is 0 Å². The summed E-state index contributed by atoms with van der Waals surface area (Å²) in [4.78, 5) is 13.4. The molecule has 1 N–H and O–H groups in total. The summed E-state index contributed by atoms with van der Waals surface area (Å²) in [5.74, 6) is 0.118. The summed E-state index contributed by atoms with van der Waals surface area (Å²) in [5, 5.41) is 3.23. The molecule has 1 atom stereocenters. The predicted molar refractivity (Wildman–Crippen MR) is 49.1 cm³/mol. The van der Waals surface area contributed by atoms with E-state index in [4.69, 9.17) is 0 Å². The SMILES string of the molecule is C=CC(=O)C1CNCCCN1C. The van der Waals surface area contributed by atoms with Gasteiger partial charge in [-0.3, -0.25) is 9.69 Å². The highest BCUT2D eigenvalue weighted by atomic mass is 16.1. The molecule has 3 nitrogen and oxygen atoms in total. The van der Waals surface area contributed by atoms with Gasteiger partial charge in [0.15, 0.2) is 5.78 Å². The quantitative estimate of drug-likeness (QED) is 0.591. The lowest BCUT2D eigenvalue weighted by atomic mass is 10.1. The van der Waals surface area contributed by atoms with Crippen molar-refractivity contribution >= 4 is 5.78 Å². The Kier molecular flexibility index (Phi) is 3.44. The molecule has 0 radical (unpaired) electrons. The average Bonchev–Trinajstić information content (AvgIpc) is 2.28. The van der Waals surface area contributed by atoms with Crippen LogP contribution in [0.3, 0.4) is 0 Å². The zero-order valence-corrected chi connectivity index (χ0v) is 7.55. The van der Waals surface area contributed by atoms with E-state index in [0.717, 1.165) is 26.1 Å². The van der Waals surface area contributed by atoms with Gasteiger partial charge in [-0.15, -0.1) is 0 Å². The monoisotopic (exact) mass is 168 g/mol. The molecule has 0 aliphatic carbocycles. The Bertz CT molecular complexity index is 179. The van der Waals surface area contributed by atoms with E-state index in [9.17, 15) is 4.79 Å². The second-order valence-electron chi connectivity index (χ2n) is 3.16. The number of carbonyl (C=O) groups is 1. The molecule has 68 valence electrons. The molecule has 1 saturated heterocycles. The Balaban J connectivity index is 2.58. The maximum Gasteiger partial charge on any atom is 0.173 e. The number of nitrogens with one attached hydrogen (secondary N) is 1. The Morgan fingerprint density at radius 1 is 1.75 bits per heavy atom. The zero-order valence-electron chi connectivity index (χ0n) is 7.55. The number of carbonyl (C=O) groups excluding carboxylic acids is 1. The third-order valence-corrected chi connectivity index (χ3v) is 2.26. The first kappa shape index (κ1) is 9.42. The van der Waals surface area contributed by atoms with Gasteiger partial charge in [0, 0.05) is 6.54 Å². The van der Waals surface area contributed by atoms with Gasteiger partial charge in [-0.1, -0.05) is 6.58 Å². The van der Waals surface area contributed by atoms with E-state index in [1.807, 2.05) is 7.05 Å². The maximum atomic E-state index is 11.3. The zero-order chi connectivity index (χ0) is 8.97. The van der Waals surface area contributed by atoms with Crippen LogP contribution >= 0.6 is 0 Å². The number of hydrogen-bond acceptors (Lipinski definition) is 3. The van der Waals surface area contributed by atoms with Gasteiger partial charge in [0.05, 0.1) is 6.04 Å². The summed E-state index contributed by atoms with van der Waals surface area (Å²) in [6.45, 7) is 6.24. The lowest BCUT2D eigenvalue weighted by Gasteiger charge is -2.22. The Labute approximate surface area is 73.4 Å². The van der Waals surface area contributed by atoms with Crippen LogP contribution in [0.1, 0.15) is 6.42 Å². The van der Waals surface area contributed by atoms with Crippen molar-refractivity contribution in [2.75, 3.05) is 26.7 Å². The molecule has 12 heavy (non-hydrogen) atoms. The molecular formula is C9H16N2O. The van der Waals surface area contributed by atoms with Crippen molar-refractivity contribution < 1.29 is 4.79 Å². The fourth-order valence-electron chi connectivity index (χ4n) is 1.46. The molecule has 0 aromatic carbocycles. The minimum Gasteiger partial charge on any atom is -0.315 e. The van der Waals surface area contributed by atoms with Crippen LogP contribution in [-0.4, -0.2) is 43.4 Å². The number of hydrogen-bond donors (Lipinski definition) is 1. The highest BCUT2D eigenvalue weighted by molar-refractivity contribution is 5.94. The Morgan fingerprint density at radius 3 is 3.17 bits per heavy atom. The van der Waals surface area contributed by atoms with Gasteiger partial charge in [-0.2, -0.15) is 0 Å². The molecule has 1 rings (SSSR count). The summed E-state index contributed by atoms with van der Waals surface area (Å²) < 4.78 is 0. The first-order valence-corrected chi connectivity index (χ1v) is 4.33. The molecule has 3 heteroatoms. The van der Waals surface area contributed by atoms with E-state index in [1.54, 1.807) is 0 Å². The third-order valence-electron chi connectivity index (χ3n) is 2.26. The molecule has 1 fully saturated rings. The van der Waals surface area contributed by atoms with Crippen molar-refractivity contribution in [3.8, 4) is 0 Å². The van der Waals surface area contributed by atoms with Crippen LogP contribution in [0.25, 0.3) is 0 Å². The van der Waals surface area contributed by atoms with Crippen LogP contribution in [-0.2, 0) is 4.79 Å². The van der Waals surface area contributed by atoms with E-state index >= 15 is 0 Å². The van der Waals surface area contributed by atoms with E-state index in [0.29, 0.717) is 0 Å². The topological polar surface area (TPSA) is 32.3 Å². The molecule has 0 aromatic heterocycles. The van der Waals surface area contributed by atoms with Crippen molar-refractivity contribution in [2.24, 2.45) is 0 Å². The van der Waals surface area contributed by atoms with Gasteiger partial charge in [0.1, 0.15) is 0 Å². The van der Waals surface area contributed by atoms with Gasteiger partial charge in [0.25, 0.3) is 0 Å². The fourth-order valence-corrected chi connectivity index (χ4v) is 1.46. The van der Waals surface area contributed by atoms with E-state index in [2.05, 4.69) is 16.8 Å². The third kappa shape index (κ3) is 2.16. The standard InChI is InChI=1S/C9H16N2O/c1-3-9(12)8-7-10-5-4-6-11(8)2/h3,8,10H,1,4-7H2,2H3. The number of rotatable bonds is 2. The van der Waals surface area contributed by atoms with Crippen molar-refractivity contribution in [1.29, 1.82) is 0 Å². The molecule has 0 saturated carbocycles. The Morgan fingerprint density at radius 2 is 2.50 bits per heavy atom. The lowest BCUT2D eigenvalue weighted by Crippen LogP contribution is -2.42. The second-order valence-corrected chi connectivity index (χ2v) is 3.16. The molecule has 1 aliphatic heterocycles. The molecular weight excluding hydrogens is 152 g/mol. The highest BCUT2D eigenvalue weighted by Crippen LogP contribution is 2.02. The minimum atomic E-state index is -0.00926. The minimum absolute atomic E-state index is 0.00926. The Hall–Kier alpha value is -0.670. The van der Waals surface area contributed by atoms with Crippen LogP contribution in [0.15, 0.2) is 12.7 Å². The van der Waals surface area contributed by atoms with Crippen molar-refractivity contribution in [3.05, 3.63) is 12.7 Å². The smallest absolute Gasteiger partial charge is 0.173 e. The van der Waals surface area contributed by atoms with E-state index < -0.39 is 0 Å². The molecule has 0 spiro atoms. The van der Waals surface area contributed by atoms with Crippen molar-refractivity contribution in [3.63, 3.8) is 0 Å². The predicted octanol–water partition coefficient (Wildman–Crippen LogP) is 0.0352. The number of ketones is 1. The first-order valence-electron chi connectivity index (χ1n) is 4.33. The van der Waals surface area contributed by atoms with Crippen LogP contribution in [0.2, 0.25) is 0 Å². The van der Waals surface area contributed by atoms with Gasteiger partial charge in [-0.25, -0.2) is 0 Å². The summed E-state index contributed by atoms with van der Waals surface area (Å²) in [5.41, 5.74) is 0. The average molecular weight is 168 g/mol. The van der Waals surface area contributed by atoms with Crippen molar-refractivity contribution in [1.82, 2.24) is 10.2 Å².